The molecule has 1 unspecified atom stereocenters. The Kier molecular flexibility index (Phi) is 6.37. The summed E-state index contributed by atoms with van der Waals surface area (Å²) in [5.41, 5.74) is 4.10. The molecule has 1 fully saturated rings. The summed E-state index contributed by atoms with van der Waals surface area (Å²) in [5.74, 6) is 1.35. The first-order valence-electron chi connectivity index (χ1n) is 10.6. The van der Waals surface area contributed by atoms with Crippen LogP contribution in [-0.4, -0.2) is 35.5 Å². The molecular formula is C25H28N2O4. The fourth-order valence-corrected chi connectivity index (χ4v) is 4.18. The zero-order valence-corrected chi connectivity index (χ0v) is 18.2. The number of carbonyl (C=O) groups is 1. The third kappa shape index (κ3) is 4.64. The molecule has 0 N–H and O–H groups in total. The van der Waals surface area contributed by atoms with E-state index < -0.39 is 0 Å². The summed E-state index contributed by atoms with van der Waals surface area (Å²) in [4.78, 5) is 18.6. The summed E-state index contributed by atoms with van der Waals surface area (Å²) >= 11 is 0. The number of methoxy groups -OCH3 is 1. The van der Waals surface area contributed by atoms with E-state index in [1.54, 1.807) is 0 Å². The molecule has 0 aliphatic carbocycles. The van der Waals surface area contributed by atoms with Gasteiger partial charge >= 0.3 is 5.97 Å². The summed E-state index contributed by atoms with van der Waals surface area (Å²) in [6.45, 7) is 5.58. The lowest BCUT2D eigenvalue weighted by Crippen LogP contribution is -2.36. The van der Waals surface area contributed by atoms with Crippen LogP contribution in [0.2, 0.25) is 0 Å². The Morgan fingerprint density at radius 2 is 1.97 bits per heavy atom. The molecule has 162 valence electrons. The van der Waals surface area contributed by atoms with Crippen LogP contribution in [0.5, 0.6) is 5.75 Å². The van der Waals surface area contributed by atoms with E-state index in [0.29, 0.717) is 6.54 Å². The van der Waals surface area contributed by atoms with Gasteiger partial charge in [0.15, 0.2) is 12.5 Å². The first-order chi connectivity index (χ1) is 15.1. The van der Waals surface area contributed by atoms with Crippen molar-refractivity contribution >= 4 is 5.97 Å². The molecule has 0 spiro atoms. The zero-order chi connectivity index (χ0) is 21.8. The molecule has 0 saturated carbocycles. The average molecular weight is 421 g/mol. The van der Waals surface area contributed by atoms with Crippen molar-refractivity contribution in [2.75, 3.05) is 13.7 Å². The van der Waals surface area contributed by atoms with Gasteiger partial charge in [-0.3, -0.25) is 9.69 Å². The zero-order valence-electron chi connectivity index (χ0n) is 18.2. The van der Waals surface area contributed by atoms with Crippen molar-refractivity contribution in [3.8, 4) is 5.75 Å². The van der Waals surface area contributed by atoms with Gasteiger partial charge in [0.1, 0.15) is 23.2 Å². The predicted octanol–water partition coefficient (Wildman–Crippen LogP) is 4.60. The van der Waals surface area contributed by atoms with Gasteiger partial charge in [-0.2, -0.15) is 0 Å². The molecule has 2 aromatic carbocycles. The van der Waals surface area contributed by atoms with Crippen molar-refractivity contribution in [1.29, 1.82) is 0 Å². The molecule has 0 amide bonds. The topological polar surface area (TPSA) is 64.8 Å². The van der Waals surface area contributed by atoms with Crippen LogP contribution in [0.25, 0.3) is 0 Å². The number of aromatic nitrogens is 1. The smallest absolute Gasteiger partial charge is 0.323 e. The Balaban J connectivity index is 1.52. The maximum atomic E-state index is 12.0. The van der Waals surface area contributed by atoms with Gasteiger partial charge in [-0.15, -0.1) is 0 Å². The third-order valence-corrected chi connectivity index (χ3v) is 5.90. The normalized spacial score (nSPS) is 17.5. The molecule has 1 saturated heterocycles. The van der Waals surface area contributed by atoms with Crippen LogP contribution in [0.4, 0.5) is 0 Å². The second-order valence-corrected chi connectivity index (χ2v) is 7.94. The summed E-state index contributed by atoms with van der Waals surface area (Å²) in [6, 6.07) is 16.0. The van der Waals surface area contributed by atoms with E-state index in [1.165, 1.54) is 13.5 Å². The molecule has 3 aromatic rings. The van der Waals surface area contributed by atoms with Crippen molar-refractivity contribution in [3.05, 3.63) is 83.1 Å². The van der Waals surface area contributed by atoms with E-state index in [9.17, 15) is 4.79 Å². The fourth-order valence-electron chi connectivity index (χ4n) is 4.18. The van der Waals surface area contributed by atoms with Crippen LogP contribution in [0, 0.1) is 13.8 Å². The van der Waals surface area contributed by atoms with E-state index in [-0.39, 0.29) is 18.1 Å². The molecule has 0 radical (unpaired) electrons. The van der Waals surface area contributed by atoms with Crippen LogP contribution in [-0.2, 0) is 16.1 Å². The van der Waals surface area contributed by atoms with E-state index >= 15 is 0 Å². The highest BCUT2D eigenvalue weighted by Crippen LogP contribution is 2.32. The van der Waals surface area contributed by atoms with Gasteiger partial charge in [0.05, 0.1) is 7.11 Å². The highest BCUT2D eigenvalue weighted by molar-refractivity contribution is 5.76. The number of hydrogen-bond acceptors (Lipinski definition) is 6. The number of nitrogens with zero attached hydrogens (tertiary/aromatic N) is 2. The number of aryl methyl sites for hydroxylation is 2. The van der Waals surface area contributed by atoms with Gasteiger partial charge in [0.2, 0.25) is 0 Å². The molecular weight excluding hydrogens is 392 g/mol. The number of likely N-dealkylation sites (tertiary alicyclic amines) is 1. The average Bonchev–Trinajstić information content (AvgIpc) is 3.42. The van der Waals surface area contributed by atoms with Crippen LogP contribution in [0.1, 0.15) is 47.1 Å². The number of esters is 1. The first-order valence-corrected chi connectivity index (χ1v) is 10.6. The number of benzene rings is 2. The number of ether oxygens (including phenoxy) is 2. The molecule has 1 aromatic heterocycles. The highest BCUT2D eigenvalue weighted by Gasteiger charge is 2.31. The van der Waals surface area contributed by atoms with Crippen LogP contribution < -0.4 is 4.74 Å². The molecule has 6 heteroatoms. The van der Waals surface area contributed by atoms with Gasteiger partial charge < -0.3 is 13.9 Å². The van der Waals surface area contributed by atoms with Crippen molar-refractivity contribution in [2.24, 2.45) is 0 Å². The van der Waals surface area contributed by atoms with Gasteiger partial charge in [0.25, 0.3) is 0 Å². The number of hydrogen-bond donors (Lipinski definition) is 0. The summed E-state index contributed by atoms with van der Waals surface area (Å²) in [6.07, 6.45) is 2.96. The van der Waals surface area contributed by atoms with Crippen LogP contribution >= 0.6 is 0 Å². The van der Waals surface area contributed by atoms with Crippen molar-refractivity contribution in [3.63, 3.8) is 0 Å². The molecule has 2 heterocycles. The van der Waals surface area contributed by atoms with E-state index in [1.807, 2.05) is 43.3 Å². The minimum absolute atomic E-state index is 0.151. The monoisotopic (exact) mass is 420 g/mol. The third-order valence-electron chi connectivity index (χ3n) is 5.90. The Morgan fingerprint density at radius 3 is 2.65 bits per heavy atom. The molecule has 1 aliphatic rings. The highest BCUT2D eigenvalue weighted by atomic mass is 16.5. The second-order valence-electron chi connectivity index (χ2n) is 7.94. The van der Waals surface area contributed by atoms with E-state index in [2.05, 4.69) is 28.9 Å². The summed E-state index contributed by atoms with van der Waals surface area (Å²) < 4.78 is 16.8. The number of oxazole rings is 1. The van der Waals surface area contributed by atoms with E-state index in [4.69, 9.17) is 13.9 Å². The predicted molar refractivity (Wildman–Crippen MR) is 117 cm³/mol. The fraction of sp³-hybridized carbons (Fsp3) is 0.360. The van der Waals surface area contributed by atoms with Gasteiger partial charge in [-0.25, -0.2) is 4.98 Å². The summed E-state index contributed by atoms with van der Waals surface area (Å²) in [7, 11) is 1.45. The Labute approximate surface area is 182 Å². The lowest BCUT2D eigenvalue weighted by Gasteiger charge is -2.23. The molecule has 6 nitrogen and oxygen atoms in total. The lowest BCUT2D eigenvalue weighted by atomic mass is 10.0. The van der Waals surface area contributed by atoms with Gasteiger partial charge in [-0.1, -0.05) is 36.4 Å². The minimum atomic E-state index is -0.354. The van der Waals surface area contributed by atoms with Gasteiger partial charge in [-0.05, 0) is 56.5 Å². The van der Waals surface area contributed by atoms with Crippen LogP contribution in [0.15, 0.2) is 59.3 Å². The Bertz CT molecular complexity index is 1030. The quantitative estimate of drug-likeness (QED) is 0.521. The van der Waals surface area contributed by atoms with Crippen molar-refractivity contribution < 1.29 is 18.7 Å². The maximum Gasteiger partial charge on any atom is 0.323 e. The second kappa shape index (κ2) is 9.35. The molecule has 1 aliphatic heterocycles. The Hall–Kier alpha value is -3.12. The lowest BCUT2D eigenvalue weighted by molar-refractivity contribution is -0.146. The van der Waals surface area contributed by atoms with Crippen molar-refractivity contribution in [2.45, 2.75) is 45.4 Å². The maximum absolute atomic E-state index is 12.0. The molecule has 4 rings (SSSR count). The first kappa shape index (κ1) is 21.1. The van der Waals surface area contributed by atoms with Crippen LogP contribution in [0.3, 0.4) is 0 Å². The number of rotatable bonds is 7. The summed E-state index contributed by atoms with van der Waals surface area (Å²) in [5, 5.41) is 0. The Morgan fingerprint density at radius 1 is 1.19 bits per heavy atom. The van der Waals surface area contributed by atoms with E-state index in [0.717, 1.165) is 53.3 Å². The molecule has 31 heavy (non-hydrogen) atoms. The molecule has 2 atom stereocenters. The van der Waals surface area contributed by atoms with Crippen molar-refractivity contribution in [1.82, 2.24) is 9.88 Å². The van der Waals surface area contributed by atoms with Gasteiger partial charge in [0, 0.05) is 12.1 Å². The SMILES string of the molecule is COC(=O)C1CCCN1Cc1ccc(O[C@H](c2ccccc2C)c2ncoc2C)cc1. The molecule has 0 bridgehead atoms. The minimum Gasteiger partial charge on any atom is -0.479 e. The standard InChI is InChI=1S/C25H28N2O4/c1-17-7-4-5-8-21(17)24(23-18(2)30-16-26-23)31-20-12-10-19(11-13-20)15-27-14-6-9-22(27)25(28)29-3/h4-5,7-8,10-13,16,22,24H,6,9,14-15H2,1-3H3/t22?,24-/m1/s1. The largest absolute Gasteiger partial charge is 0.479 e. The number of carbonyl (C=O) groups excluding carboxylic acids is 1.